The second-order valence-electron chi connectivity index (χ2n) is 4.65. The lowest BCUT2D eigenvalue weighted by Gasteiger charge is -2.29. The molecule has 1 aliphatic carbocycles. The van der Waals surface area contributed by atoms with Gasteiger partial charge in [-0.15, -0.1) is 0 Å². The minimum atomic E-state index is 0.173. The van der Waals surface area contributed by atoms with Gasteiger partial charge in [0, 0.05) is 5.41 Å². The Morgan fingerprint density at radius 3 is 2.18 bits per heavy atom. The molecule has 0 aliphatic heterocycles. The summed E-state index contributed by atoms with van der Waals surface area (Å²) in [6.45, 7) is 8.63. The molecular formula is C17H24. The second-order valence-corrected chi connectivity index (χ2v) is 4.65. The molecule has 0 atom stereocenters. The van der Waals surface area contributed by atoms with Gasteiger partial charge in [-0.05, 0) is 18.4 Å². The van der Waals surface area contributed by atoms with Crippen LogP contribution in [0.5, 0.6) is 0 Å². The SMILES string of the molecule is CC.CC(C)(C1=CC=CCC1)c1ccccc1. The zero-order valence-electron chi connectivity index (χ0n) is 11.5. The molecule has 1 aliphatic rings. The van der Waals surface area contributed by atoms with Crippen molar-refractivity contribution in [3.8, 4) is 0 Å². The van der Waals surface area contributed by atoms with Crippen LogP contribution in [0.3, 0.4) is 0 Å². The predicted octanol–water partition coefficient (Wildman–Crippen LogP) is 5.27. The van der Waals surface area contributed by atoms with Crippen LogP contribution in [0.15, 0.2) is 54.1 Å². The van der Waals surface area contributed by atoms with Gasteiger partial charge in [0.25, 0.3) is 0 Å². The van der Waals surface area contributed by atoms with Crippen molar-refractivity contribution in [3.63, 3.8) is 0 Å². The third kappa shape index (κ3) is 3.33. The zero-order chi connectivity index (χ0) is 12.7. The molecule has 0 amide bonds. The topological polar surface area (TPSA) is 0 Å². The van der Waals surface area contributed by atoms with Gasteiger partial charge in [0.15, 0.2) is 0 Å². The Morgan fingerprint density at radius 1 is 1.00 bits per heavy atom. The van der Waals surface area contributed by atoms with Crippen molar-refractivity contribution in [1.29, 1.82) is 0 Å². The molecule has 92 valence electrons. The standard InChI is InChI=1S/C15H18.C2H6/c1-15(2,13-9-5-3-6-10-13)14-11-7-4-8-12-14;1-2/h3-7,9-11H,8,12H2,1-2H3;1-2H3. The van der Waals surface area contributed by atoms with Crippen molar-refractivity contribution in [2.24, 2.45) is 0 Å². The number of hydrogen-bond donors (Lipinski definition) is 0. The van der Waals surface area contributed by atoms with Crippen molar-refractivity contribution in [2.45, 2.75) is 46.0 Å². The zero-order valence-corrected chi connectivity index (χ0v) is 11.5. The first kappa shape index (κ1) is 13.8. The van der Waals surface area contributed by atoms with Gasteiger partial charge in [-0.2, -0.15) is 0 Å². The first-order chi connectivity index (χ1) is 8.21. The highest BCUT2D eigenvalue weighted by molar-refractivity contribution is 5.37. The van der Waals surface area contributed by atoms with Gasteiger partial charge in [0.05, 0.1) is 0 Å². The van der Waals surface area contributed by atoms with E-state index in [-0.39, 0.29) is 5.41 Å². The lowest BCUT2D eigenvalue weighted by atomic mass is 9.75. The summed E-state index contributed by atoms with van der Waals surface area (Å²) in [5.74, 6) is 0. The van der Waals surface area contributed by atoms with Crippen LogP contribution in [0.1, 0.15) is 46.1 Å². The monoisotopic (exact) mass is 228 g/mol. The Labute approximate surface area is 106 Å². The molecule has 0 heteroatoms. The average Bonchev–Trinajstić information content (AvgIpc) is 2.43. The van der Waals surface area contributed by atoms with Gasteiger partial charge < -0.3 is 0 Å². The molecule has 0 saturated heterocycles. The molecular weight excluding hydrogens is 204 g/mol. The van der Waals surface area contributed by atoms with Gasteiger partial charge in [-0.1, -0.05) is 81.8 Å². The number of allylic oxidation sites excluding steroid dienone is 4. The Balaban J connectivity index is 0.000000686. The smallest absolute Gasteiger partial charge is 0.0108 e. The molecule has 17 heavy (non-hydrogen) atoms. The molecule has 0 unspecified atom stereocenters. The third-order valence-corrected chi connectivity index (χ3v) is 3.31. The highest BCUT2D eigenvalue weighted by Gasteiger charge is 2.24. The molecule has 1 aromatic carbocycles. The largest absolute Gasteiger partial charge is 0.0842 e. The summed E-state index contributed by atoms with van der Waals surface area (Å²) < 4.78 is 0. The Bertz CT molecular complexity index is 380. The van der Waals surface area contributed by atoms with Gasteiger partial charge >= 0.3 is 0 Å². The van der Waals surface area contributed by atoms with Crippen molar-refractivity contribution in [1.82, 2.24) is 0 Å². The predicted molar refractivity (Wildman–Crippen MR) is 77.3 cm³/mol. The summed E-state index contributed by atoms with van der Waals surface area (Å²) in [5, 5.41) is 0. The molecule has 0 spiro atoms. The van der Waals surface area contributed by atoms with Crippen LogP contribution < -0.4 is 0 Å². The summed E-state index contributed by atoms with van der Waals surface area (Å²) in [5.41, 5.74) is 3.12. The van der Waals surface area contributed by atoms with E-state index in [4.69, 9.17) is 0 Å². The van der Waals surface area contributed by atoms with Crippen molar-refractivity contribution in [2.75, 3.05) is 0 Å². The van der Waals surface area contributed by atoms with E-state index in [1.54, 1.807) is 0 Å². The first-order valence-corrected chi connectivity index (χ1v) is 6.63. The van der Waals surface area contributed by atoms with E-state index in [2.05, 4.69) is 62.4 Å². The van der Waals surface area contributed by atoms with Crippen LogP contribution in [0, 0.1) is 0 Å². The molecule has 0 N–H and O–H groups in total. The maximum absolute atomic E-state index is 2.31. The lowest BCUT2D eigenvalue weighted by molar-refractivity contribution is 0.590. The Morgan fingerprint density at radius 2 is 1.65 bits per heavy atom. The highest BCUT2D eigenvalue weighted by atomic mass is 14.3. The van der Waals surface area contributed by atoms with Gasteiger partial charge in [0.2, 0.25) is 0 Å². The van der Waals surface area contributed by atoms with E-state index in [0.717, 1.165) is 0 Å². The third-order valence-electron chi connectivity index (χ3n) is 3.31. The summed E-state index contributed by atoms with van der Waals surface area (Å²) in [7, 11) is 0. The summed E-state index contributed by atoms with van der Waals surface area (Å²) in [6, 6.07) is 10.8. The van der Waals surface area contributed by atoms with E-state index < -0.39 is 0 Å². The maximum atomic E-state index is 2.31. The number of benzene rings is 1. The summed E-state index contributed by atoms with van der Waals surface area (Å²) in [6.07, 6.45) is 9.07. The fourth-order valence-electron chi connectivity index (χ4n) is 2.16. The van der Waals surface area contributed by atoms with Crippen LogP contribution in [-0.2, 0) is 5.41 Å². The summed E-state index contributed by atoms with van der Waals surface area (Å²) >= 11 is 0. The molecule has 0 fully saturated rings. The van der Waals surface area contributed by atoms with Gasteiger partial charge in [-0.25, -0.2) is 0 Å². The second kappa shape index (κ2) is 6.44. The molecule has 0 bridgehead atoms. The molecule has 0 nitrogen and oxygen atoms in total. The normalized spacial score (nSPS) is 14.7. The average molecular weight is 228 g/mol. The van der Waals surface area contributed by atoms with E-state index in [9.17, 15) is 0 Å². The molecule has 0 radical (unpaired) electrons. The minimum absolute atomic E-state index is 0.173. The molecule has 2 rings (SSSR count). The molecule has 0 heterocycles. The van der Waals surface area contributed by atoms with E-state index in [1.165, 1.54) is 24.0 Å². The molecule has 0 aromatic heterocycles. The molecule has 0 saturated carbocycles. The quantitative estimate of drug-likeness (QED) is 0.647. The van der Waals surface area contributed by atoms with Gasteiger partial charge in [0.1, 0.15) is 0 Å². The minimum Gasteiger partial charge on any atom is -0.0842 e. The van der Waals surface area contributed by atoms with Crippen LogP contribution in [0.25, 0.3) is 0 Å². The lowest BCUT2D eigenvalue weighted by Crippen LogP contribution is -2.20. The fourth-order valence-corrected chi connectivity index (χ4v) is 2.16. The van der Waals surface area contributed by atoms with E-state index in [1.807, 2.05) is 13.8 Å². The van der Waals surface area contributed by atoms with E-state index in [0.29, 0.717) is 0 Å². The maximum Gasteiger partial charge on any atom is 0.0108 e. The summed E-state index contributed by atoms with van der Waals surface area (Å²) in [4.78, 5) is 0. The van der Waals surface area contributed by atoms with Crippen molar-refractivity contribution < 1.29 is 0 Å². The Hall–Kier alpha value is -1.30. The molecule has 1 aromatic rings. The van der Waals surface area contributed by atoms with E-state index >= 15 is 0 Å². The van der Waals surface area contributed by atoms with Gasteiger partial charge in [-0.3, -0.25) is 0 Å². The van der Waals surface area contributed by atoms with Crippen molar-refractivity contribution in [3.05, 3.63) is 59.7 Å². The highest BCUT2D eigenvalue weighted by Crippen LogP contribution is 2.35. The number of hydrogen-bond acceptors (Lipinski definition) is 0. The van der Waals surface area contributed by atoms with Crippen molar-refractivity contribution >= 4 is 0 Å². The number of rotatable bonds is 2. The Kier molecular flexibility index (Phi) is 5.21. The van der Waals surface area contributed by atoms with Crippen LogP contribution in [0.4, 0.5) is 0 Å². The van der Waals surface area contributed by atoms with Crippen LogP contribution in [-0.4, -0.2) is 0 Å². The first-order valence-electron chi connectivity index (χ1n) is 6.63. The fraction of sp³-hybridized carbons (Fsp3) is 0.412. The van der Waals surface area contributed by atoms with Crippen LogP contribution in [0.2, 0.25) is 0 Å². The van der Waals surface area contributed by atoms with Crippen LogP contribution >= 0.6 is 0 Å².